The van der Waals surface area contributed by atoms with Crippen LogP contribution in [0.25, 0.3) is 11.3 Å². The molecule has 1 amide bonds. The molecule has 1 aliphatic rings. The Bertz CT molecular complexity index is 2240. The summed E-state index contributed by atoms with van der Waals surface area (Å²) in [5.74, 6) is 0.00280. The van der Waals surface area contributed by atoms with Crippen molar-refractivity contribution < 1.29 is 18.7 Å². The fraction of sp³-hybridized carbons (Fsp3) is 0.370. The van der Waals surface area contributed by atoms with Crippen LogP contribution >= 0.6 is 11.8 Å². The maximum absolute atomic E-state index is 15.2. The minimum absolute atomic E-state index is 0.0954. The molecule has 0 bridgehead atoms. The predicted molar refractivity (Wildman–Crippen MR) is 260 cm³/mol. The average molecular weight is 900 g/mol. The van der Waals surface area contributed by atoms with Crippen molar-refractivity contribution in [2.45, 2.75) is 63.4 Å². The highest BCUT2D eigenvalue weighted by Gasteiger charge is 2.19. The Kier molecular flexibility index (Phi) is 25.3. The molecule has 3 aromatic carbocycles. The van der Waals surface area contributed by atoms with Crippen LogP contribution in [-0.4, -0.2) is 117 Å². The van der Waals surface area contributed by atoms with Crippen LogP contribution in [0.3, 0.4) is 0 Å². The molecule has 64 heavy (non-hydrogen) atoms. The number of anilines is 2. The van der Waals surface area contributed by atoms with Crippen molar-refractivity contribution in [3.05, 3.63) is 102 Å². The van der Waals surface area contributed by atoms with Gasteiger partial charge in [0.15, 0.2) is 5.75 Å². The molecule has 0 saturated carbocycles. The van der Waals surface area contributed by atoms with Crippen molar-refractivity contribution in [3.8, 4) is 17.0 Å². The van der Waals surface area contributed by atoms with Crippen LogP contribution in [0.4, 0.5) is 21.5 Å². The fourth-order valence-electron chi connectivity index (χ4n) is 5.92. The van der Waals surface area contributed by atoms with Gasteiger partial charge in [0, 0.05) is 91.4 Å². The molecule has 5 aromatic rings. The largest absolute Gasteiger partial charge is 0.485 e. The third-order valence-electron chi connectivity index (χ3n) is 8.81. The molecule has 3 heterocycles. The maximum atomic E-state index is 15.2. The first-order chi connectivity index (χ1) is 31.1. The van der Waals surface area contributed by atoms with E-state index in [1.807, 2.05) is 78.2 Å². The van der Waals surface area contributed by atoms with E-state index < -0.39 is 5.82 Å². The topological polar surface area (TPSA) is 207 Å². The second kappa shape index (κ2) is 30.0. The summed E-state index contributed by atoms with van der Waals surface area (Å²) in [7, 11) is 7.05. The molecule has 346 valence electrons. The number of ether oxygens (including phenoxy) is 1. The van der Waals surface area contributed by atoms with Crippen LogP contribution in [0, 0.1) is 11.2 Å². The number of nitrogens with two attached hydrogens (primary N) is 1. The van der Waals surface area contributed by atoms with Gasteiger partial charge in [-0.15, -0.1) is 0 Å². The fourth-order valence-corrected chi connectivity index (χ4v) is 6.85. The van der Waals surface area contributed by atoms with Gasteiger partial charge in [-0.3, -0.25) is 20.2 Å². The number of H-pyrrole nitrogens is 1. The molecule has 1 fully saturated rings. The number of benzene rings is 3. The Morgan fingerprint density at radius 2 is 1.78 bits per heavy atom. The normalized spacial score (nSPS) is 11.8. The number of hydrogen-bond donors (Lipinski definition) is 6. The van der Waals surface area contributed by atoms with Gasteiger partial charge < -0.3 is 36.1 Å². The molecule has 2 aromatic heterocycles. The molecular formula is C46H66FN13O3S. The quantitative estimate of drug-likeness (QED) is 0.0377. The molecule has 0 radical (unpaired) electrons. The summed E-state index contributed by atoms with van der Waals surface area (Å²) < 4.78 is 22.6. The number of aryl methyl sites for hydroxylation is 1. The Hall–Kier alpha value is -6.21. The van der Waals surface area contributed by atoms with Crippen molar-refractivity contribution in [2.75, 3.05) is 71.1 Å². The van der Waals surface area contributed by atoms with Crippen LogP contribution in [0.1, 0.15) is 52.2 Å². The Labute approximate surface area is 381 Å². The number of aromatic amines is 1. The molecule has 6 rings (SSSR count). The van der Waals surface area contributed by atoms with Gasteiger partial charge in [0.25, 0.3) is 0 Å². The number of amidine groups is 1. The molecule has 7 N–H and O–H groups in total. The lowest BCUT2D eigenvalue weighted by Crippen LogP contribution is -2.43. The SMILES string of the molecule is C=Nn1cnc(-c2cn[nH]c2)c(OC(C)C)c1=Nc1ccc(Sc2cccc(CC)c2)cc1F.CC.CN.CNC.CNc1cc(N2CCNCC2)ccc1C(=N)N(C=O)CCC=O. The van der Waals surface area contributed by atoms with Gasteiger partial charge in [0.05, 0.1) is 12.3 Å². The van der Waals surface area contributed by atoms with Crippen LogP contribution in [0.2, 0.25) is 0 Å². The van der Waals surface area contributed by atoms with E-state index >= 15 is 4.39 Å². The molecule has 18 heteroatoms. The summed E-state index contributed by atoms with van der Waals surface area (Å²) in [5.41, 5.74) is 9.94. The number of halogens is 1. The third-order valence-corrected chi connectivity index (χ3v) is 9.79. The summed E-state index contributed by atoms with van der Waals surface area (Å²) in [4.78, 5) is 36.0. The molecule has 0 spiro atoms. The van der Waals surface area contributed by atoms with Gasteiger partial charge in [-0.05, 0) is 95.5 Å². The van der Waals surface area contributed by atoms with E-state index in [2.05, 4.69) is 77.6 Å². The highest BCUT2D eigenvalue weighted by atomic mass is 32.2. The van der Waals surface area contributed by atoms with E-state index in [0.717, 1.165) is 60.1 Å². The zero-order valence-electron chi connectivity index (χ0n) is 38.6. The summed E-state index contributed by atoms with van der Waals surface area (Å²) in [6.07, 6.45) is 7.12. The number of rotatable bonds is 15. The lowest BCUT2D eigenvalue weighted by atomic mass is 10.1. The second-order valence-corrected chi connectivity index (χ2v) is 14.7. The predicted octanol–water partition coefficient (Wildman–Crippen LogP) is 6.56. The number of aldehydes is 1. The Morgan fingerprint density at radius 1 is 1.08 bits per heavy atom. The van der Waals surface area contributed by atoms with E-state index in [4.69, 9.17) is 10.1 Å². The van der Waals surface area contributed by atoms with Crippen molar-refractivity contribution in [1.29, 1.82) is 5.41 Å². The molecule has 0 aliphatic carbocycles. The van der Waals surface area contributed by atoms with Crippen molar-refractivity contribution in [1.82, 2.24) is 35.4 Å². The number of amides is 1. The monoisotopic (exact) mass is 900 g/mol. The molecule has 0 atom stereocenters. The molecule has 0 unspecified atom stereocenters. The minimum Gasteiger partial charge on any atom is -0.485 e. The van der Waals surface area contributed by atoms with Gasteiger partial charge >= 0.3 is 0 Å². The summed E-state index contributed by atoms with van der Waals surface area (Å²) >= 11 is 1.51. The Morgan fingerprint density at radius 3 is 2.36 bits per heavy atom. The number of aromatic nitrogens is 4. The first-order valence-electron chi connectivity index (χ1n) is 21.1. The second-order valence-electron chi connectivity index (χ2n) is 13.5. The number of carbonyl (C=O) groups excluding carboxylic acids is 2. The van der Waals surface area contributed by atoms with E-state index in [0.29, 0.717) is 29.0 Å². The van der Waals surface area contributed by atoms with Gasteiger partial charge in [0.1, 0.15) is 35.6 Å². The highest BCUT2D eigenvalue weighted by Crippen LogP contribution is 2.32. The van der Waals surface area contributed by atoms with Crippen molar-refractivity contribution >= 4 is 54.1 Å². The van der Waals surface area contributed by atoms with Crippen LogP contribution in [0.15, 0.2) is 99.3 Å². The summed E-state index contributed by atoms with van der Waals surface area (Å²) in [6.45, 7) is 17.5. The first-order valence-corrected chi connectivity index (χ1v) is 22.0. The Balaban J connectivity index is 0.000000408. The van der Waals surface area contributed by atoms with Gasteiger partial charge in [-0.1, -0.05) is 44.7 Å². The van der Waals surface area contributed by atoms with Crippen LogP contribution < -0.4 is 36.8 Å². The zero-order chi connectivity index (χ0) is 47.4. The molecule has 16 nitrogen and oxygen atoms in total. The molecule has 1 saturated heterocycles. The van der Waals surface area contributed by atoms with E-state index in [1.54, 1.807) is 25.5 Å². The lowest BCUT2D eigenvalue weighted by Gasteiger charge is -2.30. The van der Waals surface area contributed by atoms with E-state index in [-0.39, 0.29) is 36.1 Å². The maximum Gasteiger partial charge on any atom is 0.215 e. The van der Waals surface area contributed by atoms with E-state index in [1.165, 1.54) is 46.3 Å². The third kappa shape index (κ3) is 16.2. The van der Waals surface area contributed by atoms with Crippen LogP contribution in [-0.2, 0) is 16.0 Å². The highest BCUT2D eigenvalue weighted by molar-refractivity contribution is 7.99. The summed E-state index contributed by atoms with van der Waals surface area (Å²) in [6, 6.07) is 19.0. The summed E-state index contributed by atoms with van der Waals surface area (Å²) in [5, 5.41) is 28.1. The minimum atomic E-state index is -0.454. The number of piperazine rings is 1. The lowest BCUT2D eigenvalue weighted by molar-refractivity contribution is -0.115. The standard InChI is InChI=1S/C25H25FN6OS.C16H23N5O2.C2H7N.C2H6.CH5N/c1-5-17-7-6-8-19(11-17)34-20-9-10-22(21(26)12-20)31-25-24(33-16(2)3)23(18-13-29-30-14-18)28-15-32(25)27-4;1-18-15-11-13(20-8-5-19-6-9-20)3-4-14(15)16(17)21(12-23)7-2-10-22;1-3-2;2*1-2/h6-16H,4-5H2,1-3H3,(H,29,30);3-4,10-12,17-19H,2,5-9H2,1H3;3H,1-2H3;1-2H3;2H2,1H3. The van der Waals surface area contributed by atoms with Gasteiger partial charge in [-0.2, -0.15) is 10.2 Å². The van der Waals surface area contributed by atoms with Crippen molar-refractivity contribution in [3.63, 3.8) is 0 Å². The average Bonchev–Trinajstić information content (AvgIpc) is 3.87. The smallest absolute Gasteiger partial charge is 0.215 e. The number of carbonyl (C=O) groups is 2. The number of nitrogens with one attached hydrogen (secondary N) is 5. The first kappa shape index (κ1) is 53.9. The molecule has 1 aliphatic heterocycles. The van der Waals surface area contributed by atoms with Crippen LogP contribution in [0.5, 0.6) is 5.75 Å². The molecular weight excluding hydrogens is 834 g/mol. The number of hydrogen-bond acceptors (Lipinski definition) is 14. The van der Waals surface area contributed by atoms with Crippen molar-refractivity contribution in [2.24, 2.45) is 15.8 Å². The van der Waals surface area contributed by atoms with Gasteiger partial charge in [0.2, 0.25) is 11.9 Å². The zero-order valence-corrected chi connectivity index (χ0v) is 39.4. The number of nitrogens with zero attached hydrogens (tertiary/aromatic N) is 7. The van der Waals surface area contributed by atoms with E-state index in [9.17, 15) is 9.59 Å². The van der Waals surface area contributed by atoms with Gasteiger partial charge in [-0.25, -0.2) is 19.0 Å².